The highest BCUT2D eigenvalue weighted by Gasteiger charge is 2.37. The lowest BCUT2D eigenvalue weighted by Crippen LogP contribution is -2.28. The van der Waals surface area contributed by atoms with Crippen molar-refractivity contribution in [3.05, 3.63) is 35.5 Å². The van der Waals surface area contributed by atoms with Gasteiger partial charge in [-0.15, -0.1) is 0 Å². The molecule has 0 N–H and O–H groups in total. The second kappa shape index (κ2) is 7.51. The van der Waals surface area contributed by atoms with Gasteiger partial charge in [-0.1, -0.05) is 53.2 Å². The van der Waals surface area contributed by atoms with E-state index in [0.29, 0.717) is 6.42 Å². The van der Waals surface area contributed by atoms with Gasteiger partial charge in [-0.05, 0) is 43.9 Å². The Bertz CT molecular complexity index is 752. The van der Waals surface area contributed by atoms with Crippen LogP contribution in [-0.4, -0.2) is 14.6 Å². The lowest BCUT2D eigenvalue weighted by atomic mass is 10.0. The zero-order valence-electron chi connectivity index (χ0n) is 17.0. The predicted octanol–water partition coefficient (Wildman–Crippen LogP) is 7.03. The van der Waals surface area contributed by atoms with Gasteiger partial charge in [-0.25, -0.2) is 0 Å². The maximum Gasteiger partial charge on any atom is 0.0621 e. The third kappa shape index (κ3) is 4.65. The first-order chi connectivity index (χ1) is 11.6. The van der Waals surface area contributed by atoms with Crippen LogP contribution in [0.1, 0.15) is 71.9 Å². The van der Waals surface area contributed by atoms with Gasteiger partial charge in [0.05, 0.1) is 11.6 Å². The number of nitrogens with zero attached hydrogens (tertiary/aromatic N) is 2. The van der Waals surface area contributed by atoms with Crippen LogP contribution in [0.5, 0.6) is 0 Å². The van der Waals surface area contributed by atoms with Crippen LogP contribution < -0.4 is 0 Å². The summed E-state index contributed by atoms with van der Waals surface area (Å²) in [6.45, 7) is 16.4. The van der Waals surface area contributed by atoms with Gasteiger partial charge in [0, 0.05) is 36.4 Å². The van der Waals surface area contributed by atoms with Crippen molar-refractivity contribution >= 4 is 19.0 Å². The second-order valence-electron chi connectivity index (χ2n) is 9.04. The third-order valence-corrected chi connectivity index (χ3v) is 7.76. The second-order valence-corrected chi connectivity index (χ2v) is 12.8. The zero-order valence-corrected chi connectivity index (χ0v) is 17.9. The summed E-state index contributed by atoms with van der Waals surface area (Å²) in [6.07, 6.45) is 6.10. The van der Waals surface area contributed by atoms with Crippen LogP contribution in [0.2, 0.25) is 0 Å². The van der Waals surface area contributed by atoms with E-state index in [9.17, 15) is 0 Å². The molecule has 2 aromatic rings. The molecule has 2 nitrogen and oxygen atoms in total. The average Bonchev–Trinajstić information content (AvgIpc) is 2.83. The fourth-order valence-electron chi connectivity index (χ4n) is 4.05. The Morgan fingerprint density at radius 2 is 1.68 bits per heavy atom. The van der Waals surface area contributed by atoms with Crippen molar-refractivity contribution in [2.45, 2.75) is 84.5 Å². The summed E-state index contributed by atoms with van der Waals surface area (Å²) in [4.78, 5) is 0. The molecular weight excluding hydrogens is 323 g/mol. The Morgan fingerprint density at radius 1 is 1.04 bits per heavy atom. The molecule has 1 aromatic carbocycles. The maximum atomic E-state index is 8.79. The Labute approximate surface area is 155 Å². The normalized spacial score (nSPS) is 12.8. The number of nitriles is 1. The van der Waals surface area contributed by atoms with Crippen LogP contribution >= 0.6 is 8.07 Å². The van der Waals surface area contributed by atoms with Gasteiger partial charge in [0.2, 0.25) is 0 Å². The van der Waals surface area contributed by atoms with Crippen molar-refractivity contribution in [2.75, 3.05) is 0 Å². The summed E-state index contributed by atoms with van der Waals surface area (Å²) < 4.78 is 2.59. The SMILES string of the molecule is Cc1cc(CCCCC#N)c2c(ccn2P(C(C)(C)C)C(C)(C)C)c1. The van der Waals surface area contributed by atoms with Gasteiger partial charge < -0.3 is 4.34 Å². The van der Waals surface area contributed by atoms with Crippen LogP contribution in [0.4, 0.5) is 0 Å². The molecule has 0 radical (unpaired) electrons. The maximum absolute atomic E-state index is 8.79. The lowest BCUT2D eigenvalue weighted by molar-refractivity contribution is 0.694. The largest absolute Gasteiger partial charge is 0.325 e. The first-order valence-electron chi connectivity index (χ1n) is 9.34. The minimum Gasteiger partial charge on any atom is -0.325 e. The average molecular weight is 356 g/mol. The fraction of sp³-hybridized carbons (Fsp3) is 0.591. The molecule has 3 heteroatoms. The Morgan fingerprint density at radius 3 is 2.24 bits per heavy atom. The van der Waals surface area contributed by atoms with E-state index in [1.165, 1.54) is 22.0 Å². The molecule has 0 atom stereocenters. The van der Waals surface area contributed by atoms with E-state index in [0.717, 1.165) is 19.3 Å². The van der Waals surface area contributed by atoms with Crippen LogP contribution in [0.15, 0.2) is 24.4 Å². The number of aryl methyl sites for hydroxylation is 2. The van der Waals surface area contributed by atoms with Crippen molar-refractivity contribution in [3.8, 4) is 6.07 Å². The molecule has 0 saturated carbocycles. The van der Waals surface area contributed by atoms with E-state index in [1.807, 2.05) is 0 Å². The van der Waals surface area contributed by atoms with Crippen molar-refractivity contribution < 1.29 is 0 Å². The standard InChI is InChI=1S/C22H33N2P/c1-17-15-18(11-9-8-10-13-23)20-19(16-17)12-14-24(20)25(21(2,3)4)22(5,6)7/h12,14-16H,8-11H2,1-7H3. The van der Waals surface area contributed by atoms with E-state index >= 15 is 0 Å². The number of fused-ring (bicyclic) bond motifs is 1. The summed E-state index contributed by atoms with van der Waals surface area (Å²) in [5.41, 5.74) is 4.19. The summed E-state index contributed by atoms with van der Waals surface area (Å²) >= 11 is 0. The van der Waals surface area contributed by atoms with E-state index in [-0.39, 0.29) is 18.4 Å². The topological polar surface area (TPSA) is 28.7 Å². The molecule has 136 valence electrons. The van der Waals surface area contributed by atoms with Gasteiger partial charge in [0.15, 0.2) is 0 Å². The Kier molecular flexibility index (Phi) is 6.01. The molecule has 0 aliphatic rings. The van der Waals surface area contributed by atoms with E-state index in [1.54, 1.807) is 0 Å². The van der Waals surface area contributed by atoms with Crippen molar-refractivity contribution in [2.24, 2.45) is 0 Å². The zero-order chi connectivity index (χ0) is 18.8. The first-order valence-corrected chi connectivity index (χ1v) is 10.6. The summed E-state index contributed by atoms with van der Waals surface area (Å²) in [5.74, 6) is 0. The molecule has 25 heavy (non-hydrogen) atoms. The molecule has 0 aliphatic carbocycles. The minimum absolute atomic E-state index is 0.239. The number of aromatic nitrogens is 1. The number of hydrogen-bond donors (Lipinski definition) is 0. The van der Waals surface area contributed by atoms with Gasteiger partial charge in [-0.3, -0.25) is 0 Å². The smallest absolute Gasteiger partial charge is 0.0621 e. The summed E-state index contributed by atoms with van der Waals surface area (Å²) in [7, 11) is -0.384. The number of benzene rings is 1. The van der Waals surface area contributed by atoms with Crippen LogP contribution in [0.3, 0.4) is 0 Å². The molecule has 0 unspecified atom stereocenters. The van der Waals surface area contributed by atoms with Gasteiger partial charge in [-0.2, -0.15) is 5.26 Å². The van der Waals surface area contributed by atoms with Gasteiger partial charge in [0.25, 0.3) is 0 Å². The highest BCUT2D eigenvalue weighted by atomic mass is 31.1. The molecule has 1 aromatic heterocycles. The van der Waals surface area contributed by atoms with Crippen molar-refractivity contribution in [1.82, 2.24) is 4.34 Å². The van der Waals surface area contributed by atoms with Crippen molar-refractivity contribution in [1.29, 1.82) is 5.26 Å². The van der Waals surface area contributed by atoms with Crippen LogP contribution in [0, 0.1) is 18.3 Å². The molecule has 0 amide bonds. The van der Waals surface area contributed by atoms with Crippen LogP contribution in [0.25, 0.3) is 10.9 Å². The van der Waals surface area contributed by atoms with Gasteiger partial charge in [0.1, 0.15) is 0 Å². The summed E-state index contributed by atoms with van der Waals surface area (Å²) in [5, 5.41) is 10.6. The molecular formula is C22H33N2P. The number of rotatable bonds is 5. The van der Waals surface area contributed by atoms with E-state index in [4.69, 9.17) is 5.26 Å². The molecule has 0 fully saturated rings. The first kappa shape index (κ1) is 20.0. The monoisotopic (exact) mass is 356 g/mol. The van der Waals surface area contributed by atoms with E-state index < -0.39 is 0 Å². The van der Waals surface area contributed by atoms with E-state index in [2.05, 4.69) is 83.3 Å². The highest BCUT2D eigenvalue weighted by molar-refractivity contribution is 7.59. The lowest BCUT2D eigenvalue weighted by Gasteiger charge is -2.42. The van der Waals surface area contributed by atoms with Crippen molar-refractivity contribution in [3.63, 3.8) is 0 Å². The molecule has 0 saturated heterocycles. The molecule has 0 spiro atoms. The molecule has 2 rings (SSSR count). The highest BCUT2D eigenvalue weighted by Crippen LogP contribution is 2.61. The predicted molar refractivity (Wildman–Crippen MR) is 112 cm³/mol. The van der Waals surface area contributed by atoms with Crippen LogP contribution in [-0.2, 0) is 6.42 Å². The molecule has 1 heterocycles. The fourth-order valence-corrected chi connectivity index (χ4v) is 7.99. The quantitative estimate of drug-likeness (QED) is 0.417. The number of hydrogen-bond acceptors (Lipinski definition) is 1. The number of unbranched alkanes of at least 4 members (excludes halogenated alkanes) is 2. The minimum atomic E-state index is -0.384. The Hall–Kier alpha value is -1.32. The third-order valence-electron chi connectivity index (χ3n) is 4.46. The molecule has 0 aliphatic heterocycles. The van der Waals surface area contributed by atoms with Gasteiger partial charge >= 0.3 is 0 Å². The summed E-state index contributed by atoms with van der Waals surface area (Å²) in [6, 6.07) is 9.21. The Balaban J connectivity index is 2.56. The molecule has 0 bridgehead atoms.